The van der Waals surface area contributed by atoms with Gasteiger partial charge in [-0.05, 0) is 6.90 Å². The largest absolute Gasteiger partial charge is 0.487 e. The highest BCUT2D eigenvalue weighted by Crippen LogP contribution is 2.41. The molecule has 0 unspecified atom stereocenters. The van der Waals surface area contributed by atoms with Crippen LogP contribution in [0, 0.1) is 0 Å². The van der Waals surface area contributed by atoms with Crippen molar-refractivity contribution in [3.63, 3.8) is 0 Å². The van der Waals surface area contributed by atoms with Crippen LogP contribution >= 0.6 is 0 Å². The molecule has 2 aliphatic heterocycles. The molecule has 2 fully saturated rings. The molecule has 0 spiro atoms. The highest BCUT2D eigenvalue weighted by molar-refractivity contribution is 5.19. The van der Waals surface area contributed by atoms with Crippen LogP contribution in [0.3, 0.4) is 0 Å². The Morgan fingerprint density at radius 2 is 2.80 bits per heavy atom. The van der Waals surface area contributed by atoms with E-state index in [-0.39, 0.29) is 13.0 Å². The summed E-state index contributed by atoms with van der Waals surface area (Å²) in [5.74, 6) is 0.399. The molecule has 1 N–H and O–H groups in total. The summed E-state index contributed by atoms with van der Waals surface area (Å²) in [6, 6.07) is 0. The van der Waals surface area contributed by atoms with E-state index in [2.05, 4.69) is 6.58 Å². The van der Waals surface area contributed by atoms with Crippen LogP contribution in [0.2, 0.25) is 0 Å². The van der Waals surface area contributed by atoms with E-state index >= 15 is 0 Å². The molecule has 0 radical (unpaired) electrons. The van der Waals surface area contributed by atoms with Gasteiger partial charge in [0.1, 0.15) is 11.9 Å². The number of ether oxygens (including phenoxy) is 2. The Morgan fingerprint density at radius 3 is 3.10 bits per heavy atom. The lowest BCUT2D eigenvalue weighted by atomic mass is 10.0. The molecular formula is C7H10O3. The molecule has 0 aromatic heterocycles. The number of rotatable bonds is 0. The summed E-state index contributed by atoms with van der Waals surface area (Å²) in [6.07, 6.45) is -1.000. The normalized spacial score (nSPS) is 52.9. The fourth-order valence-electron chi connectivity index (χ4n) is 1.33. The topological polar surface area (TPSA) is 38.7 Å². The first-order chi connectivity index (χ1) is 5.20. The summed E-state index contributed by atoms with van der Waals surface area (Å²) >= 11 is 0. The summed E-state index contributed by atoms with van der Waals surface area (Å²) in [7, 11) is 0. The summed E-state index contributed by atoms with van der Waals surface area (Å²) < 4.78 is 17.6. The Balaban J connectivity index is 2.35. The second-order valence-electron chi connectivity index (χ2n) is 2.72. The molecule has 3 atom stereocenters. The van der Waals surface area contributed by atoms with E-state index in [0.717, 1.165) is 0 Å². The zero-order chi connectivity index (χ0) is 8.06. The predicted octanol–water partition coefficient (Wildman–Crippen LogP) is 0.0487. The maximum atomic E-state index is 9.52. The molecule has 0 saturated carbocycles. The van der Waals surface area contributed by atoms with Gasteiger partial charge in [-0.3, -0.25) is 0 Å². The molecule has 2 aliphatic rings. The van der Waals surface area contributed by atoms with E-state index in [9.17, 15) is 5.11 Å². The van der Waals surface area contributed by atoms with E-state index in [4.69, 9.17) is 10.8 Å². The second kappa shape index (κ2) is 1.54. The van der Waals surface area contributed by atoms with Crippen LogP contribution in [0.25, 0.3) is 0 Å². The molecule has 3 heteroatoms. The minimum atomic E-state index is -0.926. The average molecular weight is 143 g/mol. The van der Waals surface area contributed by atoms with Gasteiger partial charge < -0.3 is 14.6 Å². The van der Waals surface area contributed by atoms with Gasteiger partial charge >= 0.3 is 0 Å². The van der Waals surface area contributed by atoms with Crippen molar-refractivity contribution in [3.8, 4) is 0 Å². The zero-order valence-electron chi connectivity index (χ0n) is 6.54. The van der Waals surface area contributed by atoms with Crippen molar-refractivity contribution in [2.24, 2.45) is 0 Å². The van der Waals surface area contributed by atoms with Gasteiger partial charge in [0, 0.05) is 1.37 Å². The first kappa shape index (κ1) is 5.16. The molecule has 2 saturated heterocycles. The lowest BCUT2D eigenvalue weighted by molar-refractivity contribution is -0.0457. The monoisotopic (exact) mass is 143 g/mol. The SMILES string of the molecule is [2H]C[C@]12OC[C@H](OC1=C)[C@@H]2O. The highest BCUT2D eigenvalue weighted by Gasteiger charge is 2.56. The molecule has 2 heterocycles. The van der Waals surface area contributed by atoms with Crippen molar-refractivity contribution < 1.29 is 16.0 Å². The Kier molecular flexibility index (Phi) is 0.796. The van der Waals surface area contributed by atoms with Gasteiger partial charge in [0.25, 0.3) is 0 Å². The van der Waals surface area contributed by atoms with Gasteiger partial charge in [0.15, 0.2) is 11.7 Å². The van der Waals surface area contributed by atoms with E-state index in [0.29, 0.717) is 12.4 Å². The van der Waals surface area contributed by atoms with Crippen molar-refractivity contribution >= 4 is 0 Å². The summed E-state index contributed by atoms with van der Waals surface area (Å²) in [5.41, 5.74) is -0.926. The van der Waals surface area contributed by atoms with Gasteiger partial charge in [-0.1, -0.05) is 6.58 Å². The fourth-order valence-corrected chi connectivity index (χ4v) is 1.33. The molecule has 0 aliphatic carbocycles. The Bertz CT molecular complexity index is 206. The van der Waals surface area contributed by atoms with E-state index in [1.165, 1.54) is 0 Å². The number of hydrogen-bond donors (Lipinski definition) is 1. The maximum Gasteiger partial charge on any atom is 0.151 e. The minimum absolute atomic E-state index is 0.0243. The molecule has 2 bridgehead atoms. The molecule has 0 aromatic rings. The van der Waals surface area contributed by atoms with Crippen molar-refractivity contribution in [1.82, 2.24) is 0 Å². The van der Waals surface area contributed by atoms with E-state index in [1.54, 1.807) is 0 Å². The maximum absolute atomic E-state index is 9.52. The summed E-state index contributed by atoms with van der Waals surface area (Å²) in [6.45, 7) is 3.95. The van der Waals surface area contributed by atoms with Crippen LogP contribution in [-0.4, -0.2) is 29.5 Å². The van der Waals surface area contributed by atoms with E-state index < -0.39 is 11.7 Å². The standard InChI is InChI=1S/C7H10O3/c1-4-7(2)6(8)5(10-4)3-9-7/h5-6,8H,1,3H2,2H3/t5-,6-,7-/m0/s1/i2D. The van der Waals surface area contributed by atoms with Crippen LogP contribution in [0.5, 0.6) is 0 Å². The second-order valence-corrected chi connectivity index (χ2v) is 2.72. The fraction of sp³-hybridized carbons (Fsp3) is 0.714. The average Bonchev–Trinajstić information content (AvgIpc) is 2.42. The third-order valence-corrected chi connectivity index (χ3v) is 2.10. The molecule has 2 rings (SSSR count). The Labute approximate surface area is 60.7 Å². The third kappa shape index (κ3) is 0.480. The molecule has 0 aromatic carbocycles. The van der Waals surface area contributed by atoms with Gasteiger partial charge in [0.2, 0.25) is 0 Å². The van der Waals surface area contributed by atoms with Crippen LogP contribution in [-0.2, 0) is 9.47 Å². The number of aliphatic hydroxyl groups is 1. The molecule has 0 amide bonds. The van der Waals surface area contributed by atoms with Crippen molar-refractivity contribution in [2.45, 2.75) is 24.7 Å². The van der Waals surface area contributed by atoms with Gasteiger partial charge in [-0.2, -0.15) is 0 Å². The molecule has 3 nitrogen and oxygen atoms in total. The first-order valence-electron chi connectivity index (χ1n) is 3.89. The molecule has 10 heavy (non-hydrogen) atoms. The van der Waals surface area contributed by atoms with Gasteiger partial charge in [0.05, 0.1) is 6.61 Å². The Morgan fingerprint density at radius 1 is 2.00 bits per heavy atom. The first-order valence-corrected chi connectivity index (χ1v) is 3.18. The van der Waals surface area contributed by atoms with Crippen molar-refractivity contribution in [3.05, 3.63) is 12.3 Å². The smallest absolute Gasteiger partial charge is 0.151 e. The van der Waals surface area contributed by atoms with Crippen molar-refractivity contribution in [2.75, 3.05) is 6.61 Å². The van der Waals surface area contributed by atoms with Gasteiger partial charge in [-0.15, -0.1) is 0 Å². The zero-order valence-corrected chi connectivity index (χ0v) is 5.54. The predicted molar refractivity (Wildman–Crippen MR) is 34.4 cm³/mol. The highest BCUT2D eigenvalue weighted by atomic mass is 16.6. The van der Waals surface area contributed by atoms with Crippen LogP contribution in [0.1, 0.15) is 8.27 Å². The number of hydrogen-bond acceptors (Lipinski definition) is 3. The summed E-state index contributed by atoms with van der Waals surface area (Å²) in [5, 5.41) is 9.52. The molecular weight excluding hydrogens is 132 g/mol. The summed E-state index contributed by atoms with van der Waals surface area (Å²) in [4.78, 5) is 0. The van der Waals surface area contributed by atoms with Gasteiger partial charge in [-0.25, -0.2) is 0 Å². The lowest BCUT2D eigenvalue weighted by Gasteiger charge is -2.23. The quantitative estimate of drug-likeness (QED) is 0.520. The number of fused-ring (bicyclic) bond motifs is 2. The lowest BCUT2D eigenvalue weighted by Crippen LogP contribution is -2.34. The van der Waals surface area contributed by atoms with E-state index in [1.807, 2.05) is 0 Å². The van der Waals surface area contributed by atoms with Crippen molar-refractivity contribution in [1.29, 1.82) is 0 Å². The van der Waals surface area contributed by atoms with Crippen LogP contribution in [0.15, 0.2) is 12.3 Å². The Hall–Kier alpha value is -0.540. The van der Waals surface area contributed by atoms with Crippen LogP contribution < -0.4 is 0 Å². The minimum Gasteiger partial charge on any atom is -0.487 e. The third-order valence-electron chi connectivity index (χ3n) is 2.10. The molecule has 56 valence electrons. The van der Waals surface area contributed by atoms with Crippen LogP contribution in [0.4, 0.5) is 0 Å². The number of aliphatic hydroxyl groups excluding tert-OH is 1.